The Morgan fingerprint density at radius 3 is 2.56 bits per heavy atom. The van der Waals surface area contributed by atoms with Crippen LogP contribution in [0.4, 0.5) is 18.9 Å². The van der Waals surface area contributed by atoms with E-state index in [1.165, 1.54) is 12.1 Å². The summed E-state index contributed by atoms with van der Waals surface area (Å²) in [5, 5.41) is 2.61. The molecule has 1 aromatic carbocycles. The summed E-state index contributed by atoms with van der Waals surface area (Å²) in [6, 6.07) is 10.1. The lowest BCUT2D eigenvalue weighted by molar-refractivity contribution is -0.137. The third kappa shape index (κ3) is 3.81. The highest BCUT2D eigenvalue weighted by molar-refractivity contribution is 5.90. The van der Waals surface area contributed by atoms with Gasteiger partial charge < -0.3 is 9.72 Å². The molecular weight excluding hydrogens is 331 g/mol. The molecule has 2 heterocycles. The van der Waals surface area contributed by atoms with E-state index in [4.69, 9.17) is 0 Å². The van der Waals surface area contributed by atoms with Gasteiger partial charge in [0.1, 0.15) is 5.65 Å². The van der Waals surface area contributed by atoms with Crippen molar-refractivity contribution in [1.82, 2.24) is 9.38 Å². The van der Waals surface area contributed by atoms with Crippen LogP contribution in [0.5, 0.6) is 0 Å². The van der Waals surface area contributed by atoms with E-state index in [-0.39, 0.29) is 12.3 Å². The van der Waals surface area contributed by atoms with Crippen LogP contribution in [0.25, 0.3) is 5.65 Å². The van der Waals surface area contributed by atoms with Gasteiger partial charge >= 0.3 is 6.18 Å². The molecule has 0 fully saturated rings. The molecule has 4 nitrogen and oxygen atoms in total. The van der Waals surface area contributed by atoms with E-state index >= 15 is 0 Å². The van der Waals surface area contributed by atoms with Gasteiger partial charge in [0.2, 0.25) is 5.91 Å². The molecule has 0 atom stereocenters. The zero-order chi connectivity index (χ0) is 18.0. The molecular formula is C18H16F3N3O. The predicted octanol–water partition coefficient (Wildman–Crippen LogP) is 4.23. The number of rotatable bonds is 4. The monoisotopic (exact) mass is 347 g/mol. The number of halogens is 3. The van der Waals surface area contributed by atoms with Crippen molar-refractivity contribution in [3.63, 3.8) is 0 Å². The number of anilines is 1. The summed E-state index contributed by atoms with van der Waals surface area (Å²) in [6.07, 6.45) is -1.80. The van der Waals surface area contributed by atoms with Gasteiger partial charge in [0.25, 0.3) is 0 Å². The van der Waals surface area contributed by atoms with Gasteiger partial charge in [0.05, 0.1) is 11.3 Å². The maximum Gasteiger partial charge on any atom is 0.416 e. The fourth-order valence-electron chi connectivity index (χ4n) is 2.66. The smallest absolute Gasteiger partial charge is 0.326 e. The van der Waals surface area contributed by atoms with Crippen molar-refractivity contribution in [3.8, 4) is 0 Å². The molecule has 130 valence electrons. The number of benzene rings is 1. The number of nitrogens with zero attached hydrogens (tertiary/aromatic N) is 2. The number of aryl methyl sites for hydroxylation is 2. The van der Waals surface area contributed by atoms with Crippen LogP contribution in [0, 0.1) is 6.92 Å². The summed E-state index contributed by atoms with van der Waals surface area (Å²) < 4.78 is 39.5. The Morgan fingerprint density at radius 2 is 1.88 bits per heavy atom. The molecule has 0 unspecified atom stereocenters. The first-order chi connectivity index (χ1) is 11.8. The molecule has 7 heteroatoms. The molecule has 3 rings (SSSR count). The van der Waals surface area contributed by atoms with Crippen LogP contribution in [-0.2, 0) is 17.4 Å². The number of aromatic nitrogens is 2. The second kappa shape index (κ2) is 6.58. The molecule has 3 aromatic rings. The number of alkyl halides is 3. The van der Waals surface area contributed by atoms with Crippen LogP contribution in [0.2, 0.25) is 0 Å². The van der Waals surface area contributed by atoms with Crippen molar-refractivity contribution in [1.29, 1.82) is 0 Å². The van der Waals surface area contributed by atoms with Gasteiger partial charge in [-0.25, -0.2) is 4.98 Å². The average molecular weight is 347 g/mol. The quantitative estimate of drug-likeness (QED) is 0.768. The maximum atomic E-state index is 12.5. The molecule has 1 N–H and O–H groups in total. The number of imidazole rings is 1. The van der Waals surface area contributed by atoms with Crippen LogP contribution in [-0.4, -0.2) is 15.3 Å². The Hall–Kier alpha value is -2.83. The first kappa shape index (κ1) is 17.0. The Balaban J connectivity index is 1.64. The Labute approximate surface area is 142 Å². The third-order valence-electron chi connectivity index (χ3n) is 3.91. The molecule has 0 saturated carbocycles. The number of hydrogen-bond acceptors (Lipinski definition) is 2. The fourth-order valence-corrected chi connectivity index (χ4v) is 2.66. The number of carbonyl (C=O) groups excluding carboxylic acids is 1. The Morgan fingerprint density at radius 1 is 1.16 bits per heavy atom. The van der Waals surface area contributed by atoms with E-state index in [2.05, 4.69) is 10.3 Å². The number of fused-ring (bicyclic) bond motifs is 1. The summed E-state index contributed by atoms with van der Waals surface area (Å²) in [6.45, 7) is 1.89. The molecule has 1 amide bonds. The van der Waals surface area contributed by atoms with Gasteiger partial charge in [-0.1, -0.05) is 6.07 Å². The highest BCUT2D eigenvalue weighted by Crippen LogP contribution is 2.29. The Bertz CT molecular complexity index is 898. The number of pyridine rings is 1. The molecule has 0 aliphatic heterocycles. The fraction of sp³-hybridized carbons (Fsp3) is 0.222. The minimum Gasteiger partial charge on any atom is -0.326 e. The highest BCUT2D eigenvalue weighted by Gasteiger charge is 2.29. The van der Waals surface area contributed by atoms with Crippen LogP contribution in [0.15, 0.2) is 48.7 Å². The minimum absolute atomic E-state index is 0.213. The second-order valence-electron chi connectivity index (χ2n) is 5.70. The summed E-state index contributed by atoms with van der Waals surface area (Å²) in [5.74, 6) is -0.259. The van der Waals surface area contributed by atoms with Crippen LogP contribution < -0.4 is 5.32 Å². The summed E-state index contributed by atoms with van der Waals surface area (Å²) in [4.78, 5) is 16.5. The standard InChI is InChI=1S/C18H16F3N3O/c1-12-15(24-11-3-2-4-16(24)22-12)9-10-17(25)23-14-7-5-13(6-8-14)18(19,20)21/h2-8,11H,9-10H2,1H3,(H,23,25). The number of hydrogen-bond donors (Lipinski definition) is 1. The molecule has 2 aromatic heterocycles. The Kier molecular flexibility index (Phi) is 4.48. The lowest BCUT2D eigenvalue weighted by Gasteiger charge is -2.09. The van der Waals surface area contributed by atoms with E-state index in [0.29, 0.717) is 12.1 Å². The van der Waals surface area contributed by atoms with Gasteiger partial charge in [0.15, 0.2) is 0 Å². The molecule has 0 radical (unpaired) electrons. The largest absolute Gasteiger partial charge is 0.416 e. The molecule has 0 aliphatic rings. The lowest BCUT2D eigenvalue weighted by Crippen LogP contribution is -2.13. The van der Waals surface area contributed by atoms with Gasteiger partial charge in [-0.15, -0.1) is 0 Å². The molecule has 0 spiro atoms. The first-order valence-electron chi connectivity index (χ1n) is 7.74. The summed E-state index contributed by atoms with van der Waals surface area (Å²) >= 11 is 0. The third-order valence-corrected chi connectivity index (χ3v) is 3.91. The van der Waals surface area contributed by atoms with E-state index in [1.807, 2.05) is 35.7 Å². The topological polar surface area (TPSA) is 46.4 Å². The SMILES string of the molecule is Cc1nc2ccccn2c1CCC(=O)Nc1ccc(C(F)(F)F)cc1. The number of nitrogens with one attached hydrogen (secondary N) is 1. The van der Waals surface area contributed by atoms with Crippen molar-refractivity contribution in [2.24, 2.45) is 0 Å². The van der Waals surface area contributed by atoms with Gasteiger partial charge in [-0.2, -0.15) is 13.2 Å². The maximum absolute atomic E-state index is 12.5. The second-order valence-corrected chi connectivity index (χ2v) is 5.70. The van der Waals surface area contributed by atoms with Gasteiger partial charge in [0, 0.05) is 24.0 Å². The van der Waals surface area contributed by atoms with E-state index < -0.39 is 11.7 Å². The molecule has 0 bridgehead atoms. The van der Waals surface area contributed by atoms with Crippen LogP contribution in [0.3, 0.4) is 0 Å². The van der Waals surface area contributed by atoms with E-state index in [9.17, 15) is 18.0 Å². The van der Waals surface area contributed by atoms with Gasteiger partial charge in [-0.3, -0.25) is 4.79 Å². The molecule has 25 heavy (non-hydrogen) atoms. The summed E-state index contributed by atoms with van der Waals surface area (Å²) in [5.41, 5.74) is 2.21. The van der Waals surface area contributed by atoms with Crippen LogP contribution >= 0.6 is 0 Å². The zero-order valence-corrected chi connectivity index (χ0v) is 13.5. The molecule has 0 aliphatic carbocycles. The predicted molar refractivity (Wildman–Crippen MR) is 88.3 cm³/mol. The number of carbonyl (C=O) groups is 1. The van der Waals surface area contributed by atoms with Crippen LogP contribution in [0.1, 0.15) is 23.4 Å². The lowest BCUT2D eigenvalue weighted by atomic mass is 10.1. The van der Waals surface area contributed by atoms with E-state index in [0.717, 1.165) is 29.2 Å². The highest BCUT2D eigenvalue weighted by atomic mass is 19.4. The normalized spacial score (nSPS) is 11.7. The van der Waals surface area contributed by atoms with E-state index in [1.54, 1.807) is 0 Å². The van der Waals surface area contributed by atoms with Crippen molar-refractivity contribution in [2.75, 3.05) is 5.32 Å². The van der Waals surface area contributed by atoms with Crippen molar-refractivity contribution in [2.45, 2.75) is 25.9 Å². The zero-order valence-electron chi connectivity index (χ0n) is 13.5. The average Bonchev–Trinajstić information content (AvgIpc) is 2.88. The minimum atomic E-state index is -4.39. The number of amides is 1. The summed E-state index contributed by atoms with van der Waals surface area (Å²) in [7, 11) is 0. The van der Waals surface area contributed by atoms with Gasteiger partial charge in [-0.05, 0) is 49.7 Å². The van der Waals surface area contributed by atoms with Crippen molar-refractivity contribution >= 4 is 17.2 Å². The van der Waals surface area contributed by atoms with Crippen molar-refractivity contribution < 1.29 is 18.0 Å². The van der Waals surface area contributed by atoms with Crippen molar-refractivity contribution in [3.05, 3.63) is 65.6 Å². The first-order valence-corrected chi connectivity index (χ1v) is 7.74. The molecule has 0 saturated heterocycles.